The molecule has 1 unspecified atom stereocenters. The highest BCUT2D eigenvalue weighted by Gasteiger charge is 2.16. The maximum absolute atomic E-state index is 12.7. The van der Waals surface area contributed by atoms with Gasteiger partial charge in [-0.1, -0.05) is 30.7 Å². The largest absolute Gasteiger partial charge is 0.491 e. The number of ether oxygens (including phenoxy) is 1. The molecule has 2 aromatic rings. The number of amides is 1. The molecule has 2 aromatic carbocycles. The topological polar surface area (TPSA) is 93.8 Å². The zero-order chi connectivity index (χ0) is 23.1. The van der Waals surface area contributed by atoms with Gasteiger partial charge < -0.3 is 10.1 Å². The Morgan fingerprint density at radius 3 is 2.91 bits per heavy atom. The maximum Gasteiger partial charge on any atom is 0.286 e. The van der Waals surface area contributed by atoms with E-state index in [9.17, 15) is 9.00 Å². The molecule has 0 bridgehead atoms. The molecule has 2 atom stereocenters. The molecule has 6 nitrogen and oxygen atoms in total. The summed E-state index contributed by atoms with van der Waals surface area (Å²) >= 11 is 6.18. The standard InChI is InChI=1S/C24H30ClN3O3S/c1-3-6-17(2)16-32(26,30)28-24(29)19-9-11-23-22(14-19)27-15-20-8-10-21(25)13-18(20)7-4-5-12-31-23/h3,8-11,13-14,17,27H,1,4-7,12,15-16H2,2H3,(H2,26,28,29,30)/t17-,32?/m0/s1. The molecule has 0 fully saturated rings. The van der Waals surface area contributed by atoms with Crippen molar-refractivity contribution in [1.29, 1.82) is 0 Å². The van der Waals surface area contributed by atoms with Gasteiger partial charge in [0, 0.05) is 22.9 Å². The Morgan fingerprint density at radius 1 is 1.31 bits per heavy atom. The Balaban J connectivity index is 1.86. The predicted octanol–water partition coefficient (Wildman–Crippen LogP) is 5.36. The third-order valence-corrected chi connectivity index (χ3v) is 7.05. The fraction of sp³-hybridized carbons (Fsp3) is 0.375. The molecule has 1 aliphatic rings. The van der Waals surface area contributed by atoms with E-state index in [0.717, 1.165) is 29.8 Å². The maximum atomic E-state index is 12.7. The summed E-state index contributed by atoms with van der Waals surface area (Å²) in [5, 5.41) is 9.93. The number of rotatable bonds is 5. The van der Waals surface area contributed by atoms with E-state index in [1.807, 2.05) is 25.1 Å². The van der Waals surface area contributed by atoms with Crippen LogP contribution in [0.5, 0.6) is 5.75 Å². The van der Waals surface area contributed by atoms with Crippen molar-refractivity contribution < 1.29 is 13.7 Å². The zero-order valence-corrected chi connectivity index (χ0v) is 19.9. The number of benzene rings is 2. The van der Waals surface area contributed by atoms with Crippen molar-refractivity contribution in [2.24, 2.45) is 15.4 Å². The normalized spacial score (nSPS) is 16.6. The van der Waals surface area contributed by atoms with Crippen molar-refractivity contribution in [3.05, 3.63) is 70.8 Å². The van der Waals surface area contributed by atoms with Gasteiger partial charge in [-0.15, -0.1) is 10.9 Å². The molecule has 0 saturated carbocycles. The van der Waals surface area contributed by atoms with Crippen molar-refractivity contribution in [1.82, 2.24) is 0 Å². The first-order valence-corrected chi connectivity index (χ1v) is 12.9. The first kappa shape index (κ1) is 24.3. The molecule has 0 radical (unpaired) electrons. The zero-order valence-electron chi connectivity index (χ0n) is 18.3. The van der Waals surface area contributed by atoms with E-state index >= 15 is 0 Å². The van der Waals surface area contributed by atoms with Crippen LogP contribution in [0.2, 0.25) is 5.02 Å². The first-order chi connectivity index (χ1) is 15.3. The number of aryl methyl sites for hydroxylation is 1. The molecule has 3 N–H and O–H groups in total. The summed E-state index contributed by atoms with van der Waals surface area (Å²) in [6.07, 6.45) is 5.22. The number of nitrogens with zero attached hydrogens (tertiary/aromatic N) is 1. The summed E-state index contributed by atoms with van der Waals surface area (Å²) < 4.78 is 22.4. The van der Waals surface area contributed by atoms with Crippen LogP contribution in [-0.4, -0.2) is 22.5 Å². The van der Waals surface area contributed by atoms with Crippen LogP contribution in [0, 0.1) is 5.92 Å². The number of hydrogen-bond acceptors (Lipinski definition) is 4. The third-order valence-electron chi connectivity index (χ3n) is 5.29. The van der Waals surface area contributed by atoms with Gasteiger partial charge in [0.05, 0.1) is 12.3 Å². The minimum Gasteiger partial charge on any atom is -0.491 e. The molecule has 0 aromatic heterocycles. The van der Waals surface area contributed by atoms with Crippen molar-refractivity contribution in [3.63, 3.8) is 0 Å². The number of fused-ring (bicyclic) bond motifs is 2. The number of hydrogen-bond donors (Lipinski definition) is 2. The third kappa shape index (κ3) is 6.82. The highest BCUT2D eigenvalue weighted by atomic mass is 35.5. The number of anilines is 1. The second-order valence-electron chi connectivity index (χ2n) is 8.17. The van der Waals surface area contributed by atoms with Crippen molar-refractivity contribution in [3.8, 4) is 5.75 Å². The Kier molecular flexibility index (Phi) is 8.34. The highest BCUT2D eigenvalue weighted by Crippen LogP contribution is 2.29. The van der Waals surface area contributed by atoms with Gasteiger partial charge >= 0.3 is 0 Å². The second kappa shape index (κ2) is 11.0. The first-order valence-electron chi connectivity index (χ1n) is 10.7. The summed E-state index contributed by atoms with van der Waals surface area (Å²) in [6, 6.07) is 10.9. The average molecular weight is 476 g/mol. The fourth-order valence-corrected chi connectivity index (χ4v) is 5.31. The van der Waals surface area contributed by atoms with Crippen LogP contribution in [0.3, 0.4) is 0 Å². The molecular formula is C24H30ClN3O3S. The number of halogens is 1. The number of carbonyl (C=O) groups excluding carboxylic acids is 1. The number of carbonyl (C=O) groups is 1. The summed E-state index contributed by atoms with van der Waals surface area (Å²) in [5.74, 6) is 0.218. The van der Waals surface area contributed by atoms with Gasteiger partial charge in [-0.05, 0) is 73.1 Å². The lowest BCUT2D eigenvalue weighted by molar-refractivity contribution is 0.100. The molecule has 1 aliphatic heterocycles. The predicted molar refractivity (Wildman–Crippen MR) is 132 cm³/mol. The number of nitrogens with one attached hydrogen (secondary N) is 1. The van der Waals surface area contributed by atoms with Gasteiger partial charge in [-0.2, -0.15) is 0 Å². The average Bonchev–Trinajstić information content (AvgIpc) is 2.76. The van der Waals surface area contributed by atoms with Crippen molar-refractivity contribution in [2.75, 3.05) is 17.7 Å². The van der Waals surface area contributed by atoms with Crippen LogP contribution in [-0.2, 0) is 22.9 Å². The lowest BCUT2D eigenvalue weighted by Gasteiger charge is -2.15. The number of allylic oxidation sites excluding steroid dienone is 1. The monoisotopic (exact) mass is 475 g/mol. The molecule has 0 aliphatic carbocycles. The smallest absolute Gasteiger partial charge is 0.286 e. The van der Waals surface area contributed by atoms with Crippen LogP contribution >= 0.6 is 11.6 Å². The van der Waals surface area contributed by atoms with E-state index < -0.39 is 15.8 Å². The van der Waals surface area contributed by atoms with Crippen LogP contribution in [0.15, 0.2) is 53.4 Å². The summed E-state index contributed by atoms with van der Waals surface area (Å²) in [5.41, 5.74) is 3.33. The fourth-order valence-electron chi connectivity index (χ4n) is 3.71. The quantitative estimate of drug-likeness (QED) is 0.569. The second-order valence-corrected chi connectivity index (χ2v) is 10.5. The number of nitrogens with two attached hydrogens (primary N) is 1. The lowest BCUT2D eigenvalue weighted by Crippen LogP contribution is -2.23. The van der Waals surface area contributed by atoms with Gasteiger partial charge in [-0.25, -0.2) is 9.35 Å². The van der Waals surface area contributed by atoms with Gasteiger partial charge in [-0.3, -0.25) is 4.79 Å². The molecule has 3 rings (SSSR count). The van der Waals surface area contributed by atoms with E-state index in [1.54, 1.807) is 24.3 Å². The Bertz CT molecular complexity index is 1110. The van der Waals surface area contributed by atoms with Crippen LogP contribution in [0.25, 0.3) is 0 Å². The van der Waals surface area contributed by atoms with Crippen LogP contribution < -0.4 is 15.2 Å². The molecule has 0 saturated heterocycles. The lowest BCUT2D eigenvalue weighted by atomic mass is 10.0. The highest BCUT2D eigenvalue weighted by molar-refractivity contribution is 7.91. The van der Waals surface area contributed by atoms with E-state index in [2.05, 4.69) is 16.3 Å². The minimum atomic E-state index is -3.13. The SMILES string of the molecule is C=CC[C@H](C)CS(N)(=O)=NC(=O)c1ccc2c(c1)NCc1ccc(Cl)cc1CCCCO2. The Hall–Kier alpha value is -2.35. The minimum absolute atomic E-state index is 0.0256. The molecule has 1 heterocycles. The van der Waals surface area contributed by atoms with Crippen molar-refractivity contribution >= 4 is 33.1 Å². The molecule has 8 heteroatoms. The summed E-state index contributed by atoms with van der Waals surface area (Å²) in [6.45, 7) is 6.71. The van der Waals surface area contributed by atoms with E-state index in [-0.39, 0.29) is 11.7 Å². The molecule has 0 spiro atoms. The molecule has 32 heavy (non-hydrogen) atoms. The van der Waals surface area contributed by atoms with Gasteiger partial charge in [0.1, 0.15) is 15.7 Å². The molecule has 172 valence electrons. The van der Waals surface area contributed by atoms with Gasteiger partial charge in [0.25, 0.3) is 5.91 Å². The van der Waals surface area contributed by atoms with E-state index in [1.165, 1.54) is 5.56 Å². The molecular weight excluding hydrogens is 446 g/mol. The van der Waals surface area contributed by atoms with Crippen LogP contribution in [0.1, 0.15) is 47.7 Å². The van der Waals surface area contributed by atoms with E-state index in [4.69, 9.17) is 21.5 Å². The summed E-state index contributed by atoms with van der Waals surface area (Å²) in [4.78, 5) is 12.7. The van der Waals surface area contributed by atoms with Crippen LogP contribution in [0.4, 0.5) is 5.69 Å². The van der Waals surface area contributed by atoms with E-state index in [0.29, 0.717) is 36.6 Å². The Morgan fingerprint density at radius 2 is 2.12 bits per heavy atom. The summed E-state index contributed by atoms with van der Waals surface area (Å²) in [7, 11) is -3.13. The van der Waals surface area contributed by atoms with Gasteiger partial charge in [0.2, 0.25) is 0 Å². The van der Waals surface area contributed by atoms with Crippen molar-refractivity contribution in [2.45, 2.75) is 39.2 Å². The molecule has 1 amide bonds. The van der Waals surface area contributed by atoms with Gasteiger partial charge in [0.15, 0.2) is 0 Å². The Labute approximate surface area is 195 Å².